The minimum Gasteiger partial charge on any atom is -0.338 e. The summed E-state index contributed by atoms with van der Waals surface area (Å²) < 4.78 is 0. The molecule has 1 amide bonds. The molecule has 0 saturated heterocycles. The summed E-state index contributed by atoms with van der Waals surface area (Å²) in [5.41, 5.74) is 1.88. The second-order valence-electron chi connectivity index (χ2n) is 4.41. The molecule has 5 heteroatoms. The van der Waals surface area contributed by atoms with Crippen molar-refractivity contribution < 1.29 is 4.79 Å². The molecule has 2 rings (SSSR count). The number of nitrogens with one attached hydrogen (secondary N) is 2. The maximum Gasteiger partial charge on any atom is 0.244 e. The molecule has 0 fully saturated rings. The fourth-order valence-corrected chi connectivity index (χ4v) is 2.00. The largest absolute Gasteiger partial charge is 0.338 e. The van der Waals surface area contributed by atoms with E-state index in [0.29, 0.717) is 6.54 Å². The molecule has 0 bridgehead atoms. The van der Waals surface area contributed by atoms with E-state index in [1.54, 1.807) is 25.2 Å². The topological polar surface area (TPSA) is 61.0 Å². The summed E-state index contributed by atoms with van der Waals surface area (Å²) in [4.78, 5) is 14.1. The summed E-state index contributed by atoms with van der Waals surface area (Å²) >= 11 is 0. The lowest BCUT2D eigenvalue weighted by molar-refractivity contribution is -0.132. The molecule has 100 valence electrons. The summed E-state index contributed by atoms with van der Waals surface area (Å²) in [7, 11) is 3.58. The molecule has 1 aromatic heterocycles. The van der Waals surface area contributed by atoms with Gasteiger partial charge in [-0.1, -0.05) is 30.3 Å². The van der Waals surface area contributed by atoms with E-state index < -0.39 is 0 Å². The van der Waals surface area contributed by atoms with Crippen LogP contribution in [0.5, 0.6) is 0 Å². The molecule has 0 unspecified atom stereocenters. The third-order valence-electron chi connectivity index (χ3n) is 3.01. The van der Waals surface area contributed by atoms with Crippen molar-refractivity contribution >= 4 is 5.91 Å². The van der Waals surface area contributed by atoms with Crippen LogP contribution in [0, 0.1) is 0 Å². The Morgan fingerprint density at radius 3 is 2.68 bits per heavy atom. The van der Waals surface area contributed by atoms with Crippen molar-refractivity contribution in [1.82, 2.24) is 20.4 Å². The quantitative estimate of drug-likeness (QED) is 0.850. The Bertz CT molecular complexity index is 510. The lowest BCUT2D eigenvalue weighted by Crippen LogP contribution is -2.37. The average Bonchev–Trinajstić information content (AvgIpc) is 2.93. The van der Waals surface area contributed by atoms with Gasteiger partial charge in [-0.3, -0.25) is 9.89 Å². The molecule has 1 aromatic carbocycles. The Hall–Kier alpha value is -2.14. The Morgan fingerprint density at radius 1 is 1.37 bits per heavy atom. The predicted molar refractivity (Wildman–Crippen MR) is 73.3 cm³/mol. The van der Waals surface area contributed by atoms with Crippen LogP contribution in [0.1, 0.15) is 17.3 Å². The number of carbonyl (C=O) groups is 1. The molecule has 0 aliphatic rings. The number of aromatic amines is 1. The lowest BCUT2D eigenvalue weighted by atomic mass is 10.1. The van der Waals surface area contributed by atoms with Crippen LogP contribution in [0.2, 0.25) is 0 Å². The first kappa shape index (κ1) is 13.3. The SMILES string of the molecule is CN[C@H](C(=O)N(C)Cc1ccn[nH]1)c1ccccc1. The minimum atomic E-state index is -0.325. The smallest absolute Gasteiger partial charge is 0.244 e. The molecule has 0 saturated carbocycles. The second kappa shape index (κ2) is 6.15. The molecule has 19 heavy (non-hydrogen) atoms. The van der Waals surface area contributed by atoms with Crippen molar-refractivity contribution in [2.45, 2.75) is 12.6 Å². The van der Waals surface area contributed by atoms with Gasteiger partial charge in [0, 0.05) is 13.2 Å². The van der Waals surface area contributed by atoms with Crippen molar-refractivity contribution in [3.05, 3.63) is 53.9 Å². The normalized spacial score (nSPS) is 12.1. The molecule has 5 nitrogen and oxygen atoms in total. The van der Waals surface area contributed by atoms with Crippen molar-refractivity contribution in [3.63, 3.8) is 0 Å². The molecule has 0 aliphatic carbocycles. The highest BCUT2D eigenvalue weighted by molar-refractivity contribution is 5.83. The molecule has 1 atom stereocenters. The van der Waals surface area contributed by atoms with Gasteiger partial charge in [0.25, 0.3) is 0 Å². The maximum absolute atomic E-state index is 12.4. The van der Waals surface area contributed by atoms with Crippen LogP contribution < -0.4 is 5.32 Å². The average molecular weight is 258 g/mol. The van der Waals surface area contributed by atoms with Crippen molar-refractivity contribution in [3.8, 4) is 0 Å². The van der Waals surface area contributed by atoms with Crippen molar-refractivity contribution in [1.29, 1.82) is 0 Å². The van der Waals surface area contributed by atoms with Gasteiger partial charge in [0.1, 0.15) is 6.04 Å². The minimum absolute atomic E-state index is 0.0308. The van der Waals surface area contributed by atoms with Gasteiger partial charge in [-0.2, -0.15) is 5.10 Å². The molecule has 2 N–H and O–H groups in total. The highest BCUT2D eigenvalue weighted by Gasteiger charge is 2.22. The highest BCUT2D eigenvalue weighted by Crippen LogP contribution is 2.15. The summed E-state index contributed by atoms with van der Waals surface area (Å²) in [6.45, 7) is 0.518. The van der Waals surface area contributed by atoms with Gasteiger partial charge in [-0.15, -0.1) is 0 Å². The first-order valence-electron chi connectivity index (χ1n) is 6.18. The zero-order valence-corrected chi connectivity index (χ0v) is 11.1. The van der Waals surface area contributed by atoms with Crippen LogP contribution in [0.15, 0.2) is 42.6 Å². The Morgan fingerprint density at radius 2 is 2.11 bits per heavy atom. The van der Waals surface area contributed by atoms with Gasteiger partial charge in [0.2, 0.25) is 5.91 Å². The number of aromatic nitrogens is 2. The molecule has 0 radical (unpaired) electrons. The predicted octanol–water partition coefficient (Wildman–Crippen LogP) is 1.33. The van der Waals surface area contributed by atoms with Crippen LogP contribution in [0.4, 0.5) is 0 Å². The molecule has 0 aliphatic heterocycles. The van der Waals surface area contributed by atoms with E-state index in [1.165, 1.54) is 0 Å². The van der Waals surface area contributed by atoms with E-state index >= 15 is 0 Å². The molecule has 0 spiro atoms. The third kappa shape index (κ3) is 3.20. The number of likely N-dealkylation sites (N-methyl/N-ethyl adjacent to an activating group) is 2. The fraction of sp³-hybridized carbons (Fsp3) is 0.286. The number of H-pyrrole nitrogens is 1. The number of carbonyl (C=O) groups excluding carboxylic acids is 1. The van der Waals surface area contributed by atoms with Gasteiger partial charge in [0.05, 0.1) is 12.2 Å². The number of benzene rings is 1. The van der Waals surface area contributed by atoms with Crippen molar-refractivity contribution in [2.24, 2.45) is 0 Å². The van der Waals surface area contributed by atoms with E-state index in [9.17, 15) is 4.79 Å². The molecular formula is C14H18N4O. The van der Waals surface area contributed by atoms with E-state index in [-0.39, 0.29) is 11.9 Å². The van der Waals surface area contributed by atoms with Crippen LogP contribution in [-0.4, -0.2) is 35.1 Å². The van der Waals surface area contributed by atoms with Crippen LogP contribution in [0.3, 0.4) is 0 Å². The molecular weight excluding hydrogens is 240 g/mol. The fourth-order valence-electron chi connectivity index (χ4n) is 2.00. The van der Waals surface area contributed by atoms with Crippen molar-refractivity contribution in [2.75, 3.05) is 14.1 Å². The Labute approximate surface area is 112 Å². The zero-order chi connectivity index (χ0) is 13.7. The summed E-state index contributed by atoms with van der Waals surface area (Å²) in [5, 5.41) is 9.80. The summed E-state index contributed by atoms with van der Waals surface area (Å²) in [5.74, 6) is 0.0308. The van der Waals surface area contributed by atoms with Gasteiger partial charge in [-0.25, -0.2) is 0 Å². The zero-order valence-electron chi connectivity index (χ0n) is 11.1. The number of hydrogen-bond acceptors (Lipinski definition) is 3. The van der Waals surface area contributed by atoms with Gasteiger partial charge in [-0.05, 0) is 18.7 Å². The number of rotatable bonds is 5. The number of nitrogens with zero attached hydrogens (tertiary/aromatic N) is 2. The standard InChI is InChI=1S/C14H18N4O/c1-15-13(11-6-4-3-5-7-11)14(19)18(2)10-12-8-9-16-17-12/h3-9,13,15H,10H2,1-2H3,(H,16,17)/t13-/m0/s1. The third-order valence-corrected chi connectivity index (χ3v) is 3.01. The number of amides is 1. The van der Waals surface area contributed by atoms with E-state index in [4.69, 9.17) is 0 Å². The Kier molecular flexibility index (Phi) is 4.30. The van der Waals surface area contributed by atoms with Crippen LogP contribution in [0.25, 0.3) is 0 Å². The van der Waals surface area contributed by atoms with E-state index in [1.807, 2.05) is 36.4 Å². The summed E-state index contributed by atoms with van der Waals surface area (Å²) in [6, 6.07) is 11.2. The summed E-state index contributed by atoms with van der Waals surface area (Å²) in [6.07, 6.45) is 1.68. The maximum atomic E-state index is 12.4. The first-order chi connectivity index (χ1) is 9.22. The first-order valence-corrected chi connectivity index (χ1v) is 6.18. The monoisotopic (exact) mass is 258 g/mol. The Balaban J connectivity index is 2.08. The van der Waals surface area contributed by atoms with Crippen LogP contribution >= 0.6 is 0 Å². The van der Waals surface area contributed by atoms with Crippen LogP contribution in [-0.2, 0) is 11.3 Å². The van der Waals surface area contributed by atoms with Gasteiger partial charge in [0.15, 0.2) is 0 Å². The van der Waals surface area contributed by atoms with E-state index in [2.05, 4.69) is 15.5 Å². The second-order valence-corrected chi connectivity index (χ2v) is 4.41. The van der Waals surface area contributed by atoms with Gasteiger partial charge < -0.3 is 10.2 Å². The van der Waals surface area contributed by atoms with E-state index in [0.717, 1.165) is 11.3 Å². The molecule has 2 aromatic rings. The highest BCUT2D eigenvalue weighted by atomic mass is 16.2. The molecule has 1 heterocycles. The van der Waals surface area contributed by atoms with Gasteiger partial charge >= 0.3 is 0 Å². The lowest BCUT2D eigenvalue weighted by Gasteiger charge is -2.23. The number of hydrogen-bond donors (Lipinski definition) is 2.